The van der Waals surface area contributed by atoms with E-state index in [2.05, 4.69) is 15.9 Å². The average Bonchev–Trinajstić information content (AvgIpc) is 3.46. The number of fused-ring (bicyclic) bond motifs is 1. The number of hydrogen-bond donors (Lipinski definition) is 0. The number of piperazine rings is 1. The molecule has 0 spiro atoms. The molecule has 0 radical (unpaired) electrons. The molecule has 4 rings (SSSR count). The molecule has 2 aliphatic heterocycles. The van der Waals surface area contributed by atoms with Crippen molar-refractivity contribution in [2.45, 2.75) is 12.8 Å². The second-order valence-electron chi connectivity index (χ2n) is 6.87. The topological polar surface area (TPSA) is 78.0 Å². The Balaban J connectivity index is 1.38. The smallest absolute Gasteiger partial charge is 0.262 e. The molecular formula is C18H18BrN3O4. The minimum absolute atomic E-state index is 0.176. The van der Waals surface area contributed by atoms with E-state index in [-0.39, 0.29) is 24.3 Å². The number of amides is 4. The fraction of sp³-hybridized carbons (Fsp3) is 0.444. The first-order valence-electron chi connectivity index (χ1n) is 8.68. The van der Waals surface area contributed by atoms with Crippen molar-refractivity contribution in [1.82, 2.24) is 14.7 Å². The van der Waals surface area contributed by atoms with Crippen molar-refractivity contribution in [3.05, 3.63) is 33.8 Å². The Kier molecular flexibility index (Phi) is 4.30. The third-order valence-corrected chi connectivity index (χ3v) is 5.59. The minimum atomic E-state index is -0.442. The van der Waals surface area contributed by atoms with Crippen LogP contribution in [0.25, 0.3) is 0 Å². The third-order valence-electron chi connectivity index (χ3n) is 5.10. The molecular weight excluding hydrogens is 402 g/mol. The van der Waals surface area contributed by atoms with E-state index in [1.54, 1.807) is 28.0 Å². The Bertz CT molecular complexity index is 813. The highest BCUT2D eigenvalue weighted by molar-refractivity contribution is 9.10. The SMILES string of the molecule is O=C(CN1C(=O)c2ccc(Br)cc2C1=O)N1CCN(C(=O)C2CC2)CC1. The van der Waals surface area contributed by atoms with Gasteiger partial charge >= 0.3 is 0 Å². The van der Waals surface area contributed by atoms with Gasteiger partial charge in [-0.1, -0.05) is 15.9 Å². The van der Waals surface area contributed by atoms with E-state index in [1.165, 1.54) is 0 Å². The van der Waals surface area contributed by atoms with Gasteiger partial charge < -0.3 is 9.80 Å². The number of carbonyl (C=O) groups excluding carboxylic acids is 4. The number of carbonyl (C=O) groups is 4. The molecule has 1 aromatic carbocycles. The summed E-state index contributed by atoms with van der Waals surface area (Å²) in [5.41, 5.74) is 0.642. The molecule has 0 N–H and O–H groups in total. The highest BCUT2D eigenvalue weighted by Crippen LogP contribution is 2.31. The van der Waals surface area contributed by atoms with Crippen molar-refractivity contribution in [2.24, 2.45) is 5.92 Å². The summed E-state index contributed by atoms with van der Waals surface area (Å²) in [5, 5.41) is 0. The zero-order valence-electron chi connectivity index (χ0n) is 14.1. The van der Waals surface area contributed by atoms with Gasteiger partial charge in [-0.2, -0.15) is 0 Å². The van der Waals surface area contributed by atoms with E-state index in [4.69, 9.17) is 0 Å². The highest BCUT2D eigenvalue weighted by atomic mass is 79.9. The summed E-state index contributed by atoms with van der Waals surface area (Å²) in [6.07, 6.45) is 1.93. The molecule has 0 unspecified atom stereocenters. The van der Waals surface area contributed by atoms with Gasteiger partial charge in [-0.15, -0.1) is 0 Å². The quantitative estimate of drug-likeness (QED) is 0.687. The molecule has 2 heterocycles. The highest BCUT2D eigenvalue weighted by Gasteiger charge is 2.39. The molecule has 2 fully saturated rings. The van der Waals surface area contributed by atoms with Crippen molar-refractivity contribution in [3.63, 3.8) is 0 Å². The summed E-state index contributed by atoms with van der Waals surface area (Å²) in [7, 11) is 0. The van der Waals surface area contributed by atoms with Crippen LogP contribution in [0.5, 0.6) is 0 Å². The molecule has 1 saturated carbocycles. The first-order chi connectivity index (χ1) is 12.5. The Morgan fingerprint density at radius 3 is 2.23 bits per heavy atom. The van der Waals surface area contributed by atoms with Crippen LogP contribution in [-0.4, -0.2) is 71.1 Å². The van der Waals surface area contributed by atoms with Crippen molar-refractivity contribution in [2.75, 3.05) is 32.7 Å². The predicted molar refractivity (Wildman–Crippen MR) is 95.4 cm³/mol. The van der Waals surface area contributed by atoms with Crippen LogP contribution in [0, 0.1) is 5.92 Å². The molecule has 1 saturated heterocycles. The van der Waals surface area contributed by atoms with Crippen LogP contribution >= 0.6 is 15.9 Å². The van der Waals surface area contributed by atoms with Crippen LogP contribution in [0.1, 0.15) is 33.6 Å². The first kappa shape index (κ1) is 17.2. The lowest BCUT2D eigenvalue weighted by atomic mass is 10.1. The Hall–Kier alpha value is -2.22. The monoisotopic (exact) mass is 419 g/mol. The van der Waals surface area contributed by atoms with Crippen LogP contribution in [-0.2, 0) is 9.59 Å². The number of hydrogen-bond acceptors (Lipinski definition) is 4. The second-order valence-corrected chi connectivity index (χ2v) is 7.78. The zero-order valence-corrected chi connectivity index (χ0v) is 15.7. The lowest BCUT2D eigenvalue weighted by Gasteiger charge is -2.35. The molecule has 0 aromatic heterocycles. The van der Waals surface area contributed by atoms with Crippen molar-refractivity contribution in [3.8, 4) is 0 Å². The van der Waals surface area contributed by atoms with Crippen molar-refractivity contribution >= 4 is 39.6 Å². The summed E-state index contributed by atoms with van der Waals surface area (Å²) in [6.45, 7) is 1.63. The number of benzene rings is 1. The van der Waals surface area contributed by atoms with Crippen LogP contribution in [0.2, 0.25) is 0 Å². The van der Waals surface area contributed by atoms with Crippen LogP contribution in [0.3, 0.4) is 0 Å². The third kappa shape index (κ3) is 3.02. The van der Waals surface area contributed by atoms with Gasteiger partial charge in [0.05, 0.1) is 11.1 Å². The van der Waals surface area contributed by atoms with E-state index in [9.17, 15) is 19.2 Å². The molecule has 0 atom stereocenters. The first-order valence-corrected chi connectivity index (χ1v) is 9.47. The van der Waals surface area contributed by atoms with Gasteiger partial charge in [-0.3, -0.25) is 24.1 Å². The average molecular weight is 420 g/mol. The fourth-order valence-corrected chi connectivity index (χ4v) is 3.77. The maximum atomic E-state index is 12.6. The molecule has 1 aliphatic carbocycles. The van der Waals surface area contributed by atoms with Gasteiger partial charge in [-0.05, 0) is 31.0 Å². The molecule has 26 heavy (non-hydrogen) atoms. The summed E-state index contributed by atoms with van der Waals surface area (Å²) in [6, 6.07) is 4.89. The van der Waals surface area contributed by atoms with E-state index in [0.29, 0.717) is 41.8 Å². The van der Waals surface area contributed by atoms with Gasteiger partial charge in [0, 0.05) is 36.6 Å². The Labute approximate surface area is 159 Å². The number of halogens is 1. The fourth-order valence-electron chi connectivity index (χ4n) is 3.41. The number of nitrogens with zero attached hydrogens (tertiary/aromatic N) is 3. The summed E-state index contributed by atoms with van der Waals surface area (Å²) in [4.78, 5) is 53.9. The van der Waals surface area contributed by atoms with Gasteiger partial charge in [0.1, 0.15) is 6.54 Å². The van der Waals surface area contributed by atoms with Gasteiger partial charge in [-0.25, -0.2) is 0 Å². The van der Waals surface area contributed by atoms with Gasteiger partial charge in [0.15, 0.2) is 0 Å². The van der Waals surface area contributed by atoms with E-state index in [1.807, 2.05) is 0 Å². The molecule has 136 valence electrons. The Morgan fingerprint density at radius 1 is 0.962 bits per heavy atom. The minimum Gasteiger partial charge on any atom is -0.339 e. The van der Waals surface area contributed by atoms with Crippen LogP contribution < -0.4 is 0 Å². The molecule has 0 bridgehead atoms. The maximum Gasteiger partial charge on any atom is 0.262 e. The van der Waals surface area contributed by atoms with E-state index in [0.717, 1.165) is 17.7 Å². The summed E-state index contributed by atoms with van der Waals surface area (Å²) >= 11 is 3.29. The largest absolute Gasteiger partial charge is 0.339 e. The zero-order chi connectivity index (χ0) is 18.4. The molecule has 3 aliphatic rings. The van der Waals surface area contributed by atoms with E-state index < -0.39 is 11.8 Å². The van der Waals surface area contributed by atoms with Crippen LogP contribution in [0.4, 0.5) is 0 Å². The standard InChI is InChI=1S/C18H18BrN3O4/c19-12-3-4-13-14(9-12)18(26)22(17(13)25)10-15(23)20-5-7-21(8-6-20)16(24)11-1-2-11/h3-4,9,11H,1-2,5-8,10H2. The van der Waals surface area contributed by atoms with Crippen LogP contribution in [0.15, 0.2) is 22.7 Å². The Morgan fingerprint density at radius 2 is 1.58 bits per heavy atom. The lowest BCUT2D eigenvalue weighted by Crippen LogP contribution is -2.53. The predicted octanol–water partition coefficient (Wildman–Crippen LogP) is 1.13. The summed E-state index contributed by atoms with van der Waals surface area (Å²) in [5.74, 6) is -0.786. The van der Waals surface area contributed by atoms with E-state index >= 15 is 0 Å². The molecule has 7 nitrogen and oxygen atoms in total. The number of rotatable bonds is 3. The molecule has 8 heteroatoms. The van der Waals surface area contributed by atoms with Gasteiger partial charge in [0.25, 0.3) is 11.8 Å². The van der Waals surface area contributed by atoms with Gasteiger partial charge in [0.2, 0.25) is 11.8 Å². The second kappa shape index (κ2) is 6.50. The van der Waals surface area contributed by atoms with Crippen molar-refractivity contribution in [1.29, 1.82) is 0 Å². The molecule has 4 amide bonds. The lowest BCUT2D eigenvalue weighted by molar-refractivity contribution is -0.140. The summed E-state index contributed by atoms with van der Waals surface area (Å²) < 4.78 is 0.710. The molecule has 1 aromatic rings. The number of imide groups is 1. The maximum absolute atomic E-state index is 12.6. The normalized spacial score (nSPS) is 19.8. The van der Waals surface area contributed by atoms with Crippen molar-refractivity contribution < 1.29 is 19.2 Å².